The van der Waals surface area contributed by atoms with Gasteiger partial charge in [0.2, 0.25) is 11.8 Å². The second-order valence-corrected chi connectivity index (χ2v) is 6.04. The molecule has 26 heavy (non-hydrogen) atoms. The van der Waals surface area contributed by atoms with Gasteiger partial charge in [0.15, 0.2) is 0 Å². The second-order valence-electron chi connectivity index (χ2n) is 6.04. The number of nitrogens with one attached hydrogen (secondary N) is 1. The highest BCUT2D eigenvalue weighted by Gasteiger charge is 2.17. The lowest BCUT2D eigenvalue weighted by Gasteiger charge is -2.22. The minimum Gasteiger partial charge on any atom is -0.370 e. The first-order chi connectivity index (χ1) is 12.5. The third-order valence-corrected chi connectivity index (χ3v) is 3.87. The second kappa shape index (κ2) is 9.36. The van der Waals surface area contributed by atoms with Crippen molar-refractivity contribution >= 4 is 17.7 Å². The molecule has 6 nitrogen and oxygen atoms in total. The van der Waals surface area contributed by atoms with Gasteiger partial charge in [-0.05, 0) is 23.3 Å². The summed E-state index contributed by atoms with van der Waals surface area (Å²) >= 11 is 0. The number of nitrogens with two attached hydrogens (primary N) is 1. The summed E-state index contributed by atoms with van der Waals surface area (Å²) in [4.78, 5) is 36.6. The van der Waals surface area contributed by atoms with Crippen molar-refractivity contribution in [3.63, 3.8) is 0 Å². The van der Waals surface area contributed by atoms with Crippen LogP contribution in [0.3, 0.4) is 0 Å². The van der Waals surface area contributed by atoms with Crippen molar-refractivity contribution in [2.45, 2.75) is 26.4 Å². The largest absolute Gasteiger partial charge is 0.370 e. The molecule has 0 saturated heterocycles. The Balaban J connectivity index is 2.11. The van der Waals surface area contributed by atoms with Gasteiger partial charge in [-0.3, -0.25) is 14.4 Å². The van der Waals surface area contributed by atoms with Gasteiger partial charge in [0.25, 0.3) is 5.91 Å². The number of hydrogen-bond donors (Lipinski definition) is 2. The highest BCUT2D eigenvalue weighted by Crippen LogP contribution is 2.12. The van der Waals surface area contributed by atoms with Gasteiger partial charge in [-0.25, -0.2) is 0 Å². The van der Waals surface area contributed by atoms with Crippen LogP contribution in [0.25, 0.3) is 0 Å². The van der Waals surface area contributed by atoms with Gasteiger partial charge in [0.1, 0.15) is 0 Å². The Morgan fingerprint density at radius 1 is 0.962 bits per heavy atom. The van der Waals surface area contributed by atoms with Gasteiger partial charge < -0.3 is 16.0 Å². The van der Waals surface area contributed by atoms with E-state index < -0.39 is 5.91 Å². The van der Waals surface area contributed by atoms with E-state index >= 15 is 0 Å². The van der Waals surface area contributed by atoms with E-state index in [2.05, 4.69) is 5.32 Å². The van der Waals surface area contributed by atoms with Crippen LogP contribution in [0.5, 0.6) is 0 Å². The lowest BCUT2D eigenvalue weighted by Crippen LogP contribution is -2.33. The highest BCUT2D eigenvalue weighted by atomic mass is 16.2. The predicted molar refractivity (Wildman–Crippen MR) is 99.0 cm³/mol. The summed E-state index contributed by atoms with van der Waals surface area (Å²) in [5.74, 6) is -0.715. The molecule has 0 radical (unpaired) electrons. The maximum absolute atomic E-state index is 12.8. The molecule has 2 aromatic rings. The molecule has 2 aromatic carbocycles. The Kier molecular flexibility index (Phi) is 6.91. The molecule has 3 amide bonds. The lowest BCUT2D eigenvalue weighted by atomic mass is 10.1. The van der Waals surface area contributed by atoms with Crippen LogP contribution in [0.15, 0.2) is 54.6 Å². The van der Waals surface area contributed by atoms with Crippen molar-refractivity contribution in [2.24, 2.45) is 5.73 Å². The smallest absolute Gasteiger partial charge is 0.254 e. The first kappa shape index (κ1) is 19.2. The zero-order chi connectivity index (χ0) is 18.9. The summed E-state index contributed by atoms with van der Waals surface area (Å²) in [6.07, 6.45) is 0.110. The zero-order valence-corrected chi connectivity index (χ0v) is 14.8. The van der Waals surface area contributed by atoms with E-state index in [0.29, 0.717) is 18.7 Å². The molecule has 0 bridgehead atoms. The van der Waals surface area contributed by atoms with Crippen LogP contribution in [0.4, 0.5) is 0 Å². The minimum atomic E-state index is -0.443. The average Bonchev–Trinajstić information content (AvgIpc) is 2.64. The van der Waals surface area contributed by atoms with E-state index in [-0.39, 0.29) is 24.8 Å². The highest BCUT2D eigenvalue weighted by molar-refractivity contribution is 5.94. The fourth-order valence-corrected chi connectivity index (χ4v) is 2.48. The third kappa shape index (κ3) is 6.05. The number of amides is 3. The van der Waals surface area contributed by atoms with E-state index in [1.807, 2.05) is 30.3 Å². The normalized spacial score (nSPS) is 10.2. The monoisotopic (exact) mass is 353 g/mol. The average molecular weight is 353 g/mol. The fourth-order valence-electron chi connectivity index (χ4n) is 2.48. The molecule has 0 spiro atoms. The Bertz CT molecular complexity index is 758. The van der Waals surface area contributed by atoms with Crippen molar-refractivity contribution in [3.05, 3.63) is 71.3 Å². The number of carbonyl (C=O) groups excluding carboxylic acids is 3. The van der Waals surface area contributed by atoms with Crippen LogP contribution >= 0.6 is 0 Å². The number of hydrogen-bond acceptors (Lipinski definition) is 3. The van der Waals surface area contributed by atoms with E-state index in [1.165, 1.54) is 6.92 Å². The Morgan fingerprint density at radius 2 is 1.62 bits per heavy atom. The molecule has 6 heteroatoms. The van der Waals surface area contributed by atoms with Gasteiger partial charge in [-0.2, -0.15) is 0 Å². The Hall–Kier alpha value is -3.15. The third-order valence-electron chi connectivity index (χ3n) is 3.87. The van der Waals surface area contributed by atoms with Crippen LogP contribution in [-0.2, 0) is 22.7 Å². The van der Waals surface area contributed by atoms with Crippen molar-refractivity contribution in [1.82, 2.24) is 10.2 Å². The summed E-state index contributed by atoms with van der Waals surface area (Å²) in [5, 5.41) is 2.71. The van der Waals surface area contributed by atoms with Gasteiger partial charge >= 0.3 is 0 Å². The molecular formula is C20H23N3O3. The van der Waals surface area contributed by atoms with E-state index in [1.54, 1.807) is 29.2 Å². The number of carbonyl (C=O) groups is 3. The molecule has 136 valence electrons. The van der Waals surface area contributed by atoms with E-state index in [4.69, 9.17) is 5.73 Å². The van der Waals surface area contributed by atoms with Crippen molar-refractivity contribution in [3.8, 4) is 0 Å². The molecule has 0 aliphatic heterocycles. The SMILES string of the molecule is CC(=O)NCc1ccc(C(=O)N(CCC(N)=O)Cc2ccccc2)cc1. The Morgan fingerprint density at radius 3 is 2.19 bits per heavy atom. The van der Waals surface area contributed by atoms with Crippen LogP contribution in [0.2, 0.25) is 0 Å². The number of benzene rings is 2. The maximum atomic E-state index is 12.8. The molecule has 2 rings (SSSR count). The molecular weight excluding hydrogens is 330 g/mol. The zero-order valence-electron chi connectivity index (χ0n) is 14.8. The Labute approximate surface area is 153 Å². The quantitative estimate of drug-likeness (QED) is 0.758. The molecule has 0 aliphatic rings. The van der Waals surface area contributed by atoms with Crippen molar-refractivity contribution in [2.75, 3.05) is 6.54 Å². The minimum absolute atomic E-state index is 0.106. The molecule has 0 atom stereocenters. The summed E-state index contributed by atoms with van der Waals surface area (Å²) in [7, 11) is 0. The first-order valence-electron chi connectivity index (χ1n) is 8.40. The summed E-state index contributed by atoms with van der Waals surface area (Å²) in [6, 6.07) is 16.6. The first-order valence-corrected chi connectivity index (χ1v) is 8.40. The van der Waals surface area contributed by atoms with Gasteiger partial charge in [-0.1, -0.05) is 42.5 Å². The van der Waals surface area contributed by atoms with Gasteiger partial charge in [0.05, 0.1) is 0 Å². The molecule has 0 aliphatic carbocycles. The fraction of sp³-hybridized carbons (Fsp3) is 0.250. The summed E-state index contributed by atoms with van der Waals surface area (Å²) < 4.78 is 0. The van der Waals surface area contributed by atoms with Gasteiger partial charge in [0, 0.05) is 38.5 Å². The lowest BCUT2D eigenvalue weighted by molar-refractivity contribution is -0.119. The molecule has 3 N–H and O–H groups in total. The number of nitrogens with zero attached hydrogens (tertiary/aromatic N) is 1. The summed E-state index contributed by atoms with van der Waals surface area (Å²) in [5.41, 5.74) is 7.65. The topological polar surface area (TPSA) is 92.5 Å². The van der Waals surface area contributed by atoms with Crippen LogP contribution < -0.4 is 11.1 Å². The molecule has 0 saturated carbocycles. The van der Waals surface area contributed by atoms with Crippen LogP contribution in [0.1, 0.15) is 34.8 Å². The predicted octanol–water partition coefficient (Wildman–Crippen LogP) is 1.84. The molecule has 0 unspecified atom stereocenters. The summed E-state index contributed by atoms with van der Waals surface area (Å²) in [6.45, 7) is 2.54. The molecule has 0 aromatic heterocycles. The van der Waals surface area contributed by atoms with Gasteiger partial charge in [-0.15, -0.1) is 0 Å². The van der Waals surface area contributed by atoms with Crippen molar-refractivity contribution in [1.29, 1.82) is 0 Å². The number of primary amides is 1. The maximum Gasteiger partial charge on any atom is 0.254 e. The van der Waals surface area contributed by atoms with Crippen LogP contribution in [0, 0.1) is 0 Å². The molecule has 0 fully saturated rings. The number of rotatable bonds is 8. The van der Waals surface area contributed by atoms with Crippen molar-refractivity contribution < 1.29 is 14.4 Å². The van der Waals surface area contributed by atoms with E-state index in [9.17, 15) is 14.4 Å². The van der Waals surface area contributed by atoms with Crippen LogP contribution in [-0.4, -0.2) is 29.2 Å². The van der Waals surface area contributed by atoms with E-state index in [0.717, 1.165) is 11.1 Å². The molecule has 0 heterocycles. The standard InChI is InChI=1S/C20H23N3O3/c1-15(24)22-13-16-7-9-18(10-8-16)20(26)23(12-11-19(21)25)14-17-5-3-2-4-6-17/h2-10H,11-14H2,1H3,(H2,21,25)(H,22,24).